The van der Waals surface area contributed by atoms with Crippen LogP contribution in [-0.2, 0) is 9.59 Å². The average Bonchev–Trinajstić information content (AvgIpc) is 3.49. The molecule has 0 spiro atoms. The molecule has 2 fully saturated rings. The molecule has 4 rings (SSSR count). The van der Waals surface area contributed by atoms with Gasteiger partial charge in [0.2, 0.25) is 5.91 Å². The lowest BCUT2D eigenvalue weighted by Crippen LogP contribution is -2.47. The molecule has 0 bridgehead atoms. The third-order valence-corrected chi connectivity index (χ3v) is 5.66. The molecule has 2 aromatic carbocycles. The van der Waals surface area contributed by atoms with E-state index in [9.17, 15) is 14.4 Å². The van der Waals surface area contributed by atoms with Gasteiger partial charge in [-0.1, -0.05) is 36.4 Å². The number of hydrogen-bond acceptors (Lipinski definition) is 3. The molecule has 140 valence electrons. The van der Waals surface area contributed by atoms with Gasteiger partial charge in [0.25, 0.3) is 5.91 Å². The highest BCUT2D eigenvalue weighted by Gasteiger charge is 2.56. The van der Waals surface area contributed by atoms with Crippen LogP contribution in [0, 0.1) is 5.92 Å². The fourth-order valence-electron chi connectivity index (χ4n) is 3.94. The third-order valence-electron chi connectivity index (χ3n) is 5.66. The molecule has 1 N–H and O–H groups in total. The summed E-state index contributed by atoms with van der Waals surface area (Å²) in [7, 11) is 0. The number of likely N-dealkylation sites (N-methyl/N-ethyl adjacent to an activating group) is 1. The van der Waals surface area contributed by atoms with Gasteiger partial charge in [0.05, 0.1) is 5.69 Å². The van der Waals surface area contributed by atoms with Gasteiger partial charge in [-0.3, -0.25) is 14.5 Å². The first-order chi connectivity index (χ1) is 13.0. The van der Waals surface area contributed by atoms with Crippen LogP contribution in [0.15, 0.2) is 42.5 Å². The summed E-state index contributed by atoms with van der Waals surface area (Å²) in [6, 6.07) is 13.2. The monoisotopic (exact) mass is 365 g/mol. The molecule has 6 nitrogen and oxygen atoms in total. The lowest BCUT2D eigenvalue weighted by atomic mass is 9.96. The van der Waals surface area contributed by atoms with Gasteiger partial charge in [-0.2, -0.15) is 0 Å². The molecule has 1 saturated heterocycles. The number of hydrogen-bond donors (Lipinski definition) is 1. The molecule has 0 radical (unpaired) electrons. The average molecular weight is 365 g/mol. The Morgan fingerprint density at radius 3 is 2.59 bits per heavy atom. The summed E-state index contributed by atoms with van der Waals surface area (Å²) in [6.45, 7) is 3.86. The quantitative estimate of drug-likeness (QED) is 0.829. The number of nitrogens with one attached hydrogen (secondary N) is 1. The van der Waals surface area contributed by atoms with Crippen molar-refractivity contribution >= 4 is 34.3 Å². The van der Waals surface area contributed by atoms with Crippen molar-refractivity contribution in [2.45, 2.75) is 32.2 Å². The van der Waals surface area contributed by atoms with Crippen LogP contribution in [0.5, 0.6) is 0 Å². The first-order valence-corrected chi connectivity index (χ1v) is 9.38. The molecule has 1 aliphatic carbocycles. The minimum absolute atomic E-state index is 0.175. The van der Waals surface area contributed by atoms with E-state index < -0.39 is 11.6 Å². The van der Waals surface area contributed by atoms with E-state index in [1.165, 1.54) is 0 Å². The van der Waals surface area contributed by atoms with Gasteiger partial charge in [0.1, 0.15) is 12.1 Å². The summed E-state index contributed by atoms with van der Waals surface area (Å²) in [5, 5.41) is 4.80. The number of urea groups is 1. The van der Waals surface area contributed by atoms with Gasteiger partial charge < -0.3 is 10.2 Å². The van der Waals surface area contributed by atoms with Crippen molar-refractivity contribution in [3.05, 3.63) is 42.5 Å². The first kappa shape index (κ1) is 17.5. The molecule has 1 atom stereocenters. The van der Waals surface area contributed by atoms with Crippen LogP contribution in [0.2, 0.25) is 0 Å². The maximum absolute atomic E-state index is 13.0. The maximum atomic E-state index is 13.0. The molecule has 1 heterocycles. The van der Waals surface area contributed by atoms with E-state index in [0.717, 1.165) is 34.2 Å². The normalized spacial score (nSPS) is 22.2. The summed E-state index contributed by atoms with van der Waals surface area (Å²) in [6.07, 6.45) is 1.86. The second kappa shape index (κ2) is 6.37. The van der Waals surface area contributed by atoms with Crippen LogP contribution in [0.25, 0.3) is 10.8 Å². The standard InChI is InChI=1S/C21H23N3O3/c1-3-23(17-10-6-8-14-7-4-5-9-16(14)17)18(25)13-24-19(26)21(2,15-11-12-15)22-20(24)27/h4-10,15H,3,11-13H2,1-2H3,(H,22,27). The molecular formula is C21H23N3O3. The van der Waals surface area contributed by atoms with Gasteiger partial charge >= 0.3 is 6.03 Å². The minimum Gasteiger partial charge on any atom is -0.323 e. The number of carbonyl (C=O) groups is 3. The lowest BCUT2D eigenvalue weighted by molar-refractivity contribution is -0.134. The van der Waals surface area contributed by atoms with Crippen molar-refractivity contribution in [1.82, 2.24) is 10.2 Å². The number of nitrogens with zero attached hydrogens (tertiary/aromatic N) is 2. The Kier molecular flexibility index (Phi) is 4.13. The van der Waals surface area contributed by atoms with Gasteiger partial charge in [-0.15, -0.1) is 0 Å². The maximum Gasteiger partial charge on any atom is 0.325 e. The number of carbonyl (C=O) groups excluding carboxylic acids is 3. The molecule has 1 unspecified atom stereocenters. The van der Waals surface area contributed by atoms with Gasteiger partial charge in [0.15, 0.2) is 0 Å². The number of fused-ring (bicyclic) bond motifs is 1. The van der Waals surface area contributed by atoms with E-state index in [1.54, 1.807) is 11.8 Å². The Labute approximate surface area is 158 Å². The summed E-state index contributed by atoms with van der Waals surface area (Å²) in [5.74, 6) is -0.385. The lowest BCUT2D eigenvalue weighted by Gasteiger charge is -2.25. The Morgan fingerprint density at radius 1 is 1.19 bits per heavy atom. The van der Waals surface area contributed by atoms with E-state index in [-0.39, 0.29) is 24.3 Å². The molecule has 0 aromatic heterocycles. The molecule has 4 amide bonds. The molecule has 2 aliphatic rings. The van der Waals surface area contributed by atoms with Crippen molar-refractivity contribution in [3.8, 4) is 0 Å². The third kappa shape index (κ3) is 2.85. The number of anilines is 1. The van der Waals surface area contributed by atoms with Crippen LogP contribution in [0.4, 0.5) is 10.5 Å². The number of benzene rings is 2. The molecule has 27 heavy (non-hydrogen) atoms. The van der Waals surface area contributed by atoms with Crippen molar-refractivity contribution in [2.75, 3.05) is 18.0 Å². The zero-order valence-electron chi connectivity index (χ0n) is 15.6. The van der Waals surface area contributed by atoms with Gasteiger partial charge in [0, 0.05) is 11.9 Å². The number of imide groups is 1. The Balaban J connectivity index is 1.59. The van der Waals surface area contributed by atoms with Crippen molar-refractivity contribution < 1.29 is 14.4 Å². The highest BCUT2D eigenvalue weighted by Crippen LogP contribution is 2.42. The highest BCUT2D eigenvalue weighted by molar-refractivity contribution is 6.11. The van der Waals surface area contributed by atoms with Crippen LogP contribution in [-0.4, -0.2) is 41.4 Å². The van der Waals surface area contributed by atoms with Crippen LogP contribution >= 0.6 is 0 Å². The molecule has 1 saturated carbocycles. The van der Waals surface area contributed by atoms with Gasteiger partial charge in [-0.05, 0) is 44.1 Å². The van der Waals surface area contributed by atoms with Crippen LogP contribution in [0.3, 0.4) is 0 Å². The van der Waals surface area contributed by atoms with Crippen LogP contribution in [0.1, 0.15) is 26.7 Å². The predicted molar refractivity (Wildman–Crippen MR) is 103 cm³/mol. The molecule has 6 heteroatoms. The largest absolute Gasteiger partial charge is 0.325 e. The van der Waals surface area contributed by atoms with Crippen molar-refractivity contribution in [1.29, 1.82) is 0 Å². The van der Waals surface area contributed by atoms with E-state index in [0.29, 0.717) is 6.54 Å². The fraction of sp³-hybridized carbons (Fsp3) is 0.381. The Morgan fingerprint density at radius 2 is 1.89 bits per heavy atom. The minimum atomic E-state index is -0.867. The zero-order valence-corrected chi connectivity index (χ0v) is 15.6. The second-order valence-electron chi connectivity index (χ2n) is 7.43. The summed E-state index contributed by atoms with van der Waals surface area (Å²) in [4.78, 5) is 40.8. The molecule has 1 aliphatic heterocycles. The predicted octanol–water partition coefficient (Wildman–Crippen LogP) is 2.91. The van der Waals surface area contributed by atoms with Crippen molar-refractivity contribution in [3.63, 3.8) is 0 Å². The van der Waals surface area contributed by atoms with Gasteiger partial charge in [-0.25, -0.2) is 4.79 Å². The van der Waals surface area contributed by atoms with E-state index >= 15 is 0 Å². The van der Waals surface area contributed by atoms with E-state index in [2.05, 4.69) is 5.32 Å². The fourth-order valence-corrected chi connectivity index (χ4v) is 3.94. The smallest absolute Gasteiger partial charge is 0.323 e. The summed E-state index contributed by atoms with van der Waals surface area (Å²) in [5.41, 5.74) is -0.0778. The number of amides is 4. The first-order valence-electron chi connectivity index (χ1n) is 9.38. The molecule has 2 aromatic rings. The SMILES string of the molecule is CCN(C(=O)CN1C(=O)NC(C)(C2CC2)C1=O)c1cccc2ccccc12. The Bertz CT molecular complexity index is 932. The van der Waals surface area contributed by atoms with Crippen LogP contribution < -0.4 is 10.2 Å². The zero-order chi connectivity index (χ0) is 19.2. The van der Waals surface area contributed by atoms with E-state index in [1.807, 2.05) is 49.4 Å². The van der Waals surface area contributed by atoms with E-state index in [4.69, 9.17) is 0 Å². The topological polar surface area (TPSA) is 69.7 Å². The summed E-state index contributed by atoms with van der Waals surface area (Å²) >= 11 is 0. The Hall–Kier alpha value is -2.89. The number of rotatable bonds is 5. The van der Waals surface area contributed by atoms with Crippen molar-refractivity contribution in [2.24, 2.45) is 5.92 Å². The highest BCUT2D eigenvalue weighted by atomic mass is 16.2. The summed E-state index contributed by atoms with van der Waals surface area (Å²) < 4.78 is 0. The second-order valence-corrected chi connectivity index (χ2v) is 7.43. The molecular weight excluding hydrogens is 342 g/mol.